The van der Waals surface area contributed by atoms with Gasteiger partial charge in [-0.3, -0.25) is 5.43 Å². The quantitative estimate of drug-likeness (QED) is 0.0975. The number of benzene rings is 1. The monoisotopic (exact) mass is 449 g/mol. The predicted molar refractivity (Wildman–Crippen MR) is 137 cm³/mol. The molecule has 0 heterocycles. The molecule has 2 N–H and O–H groups in total. The summed E-state index contributed by atoms with van der Waals surface area (Å²) in [6.07, 6.45) is 23.7. The minimum Gasteiger partial charge on any atom is -0.361 e. The Hall–Kier alpha value is -1.49. The largest absolute Gasteiger partial charge is 0.361 e. The maximum atomic E-state index is 12.8. The molecule has 1 rings (SSSR count). The van der Waals surface area contributed by atoms with E-state index in [1.807, 2.05) is 0 Å². The number of hydrogen-bond donors (Lipinski definition) is 2. The molecule has 0 saturated carbocycles. The summed E-state index contributed by atoms with van der Waals surface area (Å²) in [6, 6.07) is 6.17. The fourth-order valence-electron chi connectivity index (χ4n) is 3.63. The average Bonchev–Trinajstić information content (AvgIpc) is 2.77. The van der Waals surface area contributed by atoms with Crippen LogP contribution in [0.25, 0.3) is 0 Å². The third kappa shape index (κ3) is 17.8. The second-order valence-corrected chi connectivity index (χ2v) is 8.89. The second-order valence-electron chi connectivity index (χ2n) is 8.48. The zero-order valence-corrected chi connectivity index (χ0v) is 20.5. The van der Waals surface area contributed by atoms with Crippen LogP contribution in [0.15, 0.2) is 29.4 Å². The standard InChI is InChI=1S/C26H44FN3S/c1-2-3-4-5-6-7-8-9-10-11-12-13-14-15-16-17-22-28-26(31)30-29-23-24-18-20-25(27)21-19-24/h18-21,23H,2-17,22H2,1H3,(H2,28,30,31)/b29-23-. The van der Waals surface area contributed by atoms with Crippen molar-refractivity contribution in [3.05, 3.63) is 35.6 Å². The smallest absolute Gasteiger partial charge is 0.186 e. The summed E-state index contributed by atoms with van der Waals surface area (Å²) in [5.74, 6) is -0.249. The van der Waals surface area contributed by atoms with Gasteiger partial charge in [-0.25, -0.2) is 4.39 Å². The lowest BCUT2D eigenvalue weighted by atomic mass is 10.0. The Morgan fingerprint density at radius 2 is 1.23 bits per heavy atom. The molecule has 0 aliphatic rings. The fraction of sp³-hybridized carbons (Fsp3) is 0.692. The number of halogens is 1. The highest BCUT2D eigenvalue weighted by Gasteiger charge is 1.96. The highest BCUT2D eigenvalue weighted by Crippen LogP contribution is 2.13. The summed E-state index contributed by atoms with van der Waals surface area (Å²) < 4.78 is 12.8. The van der Waals surface area contributed by atoms with Crippen molar-refractivity contribution in [3.8, 4) is 0 Å². The molecule has 0 aliphatic heterocycles. The summed E-state index contributed by atoms with van der Waals surface area (Å²) in [5, 5.41) is 7.77. The predicted octanol–water partition coefficient (Wildman–Crippen LogP) is 7.89. The van der Waals surface area contributed by atoms with E-state index in [9.17, 15) is 4.39 Å². The molecule has 0 saturated heterocycles. The van der Waals surface area contributed by atoms with Crippen LogP contribution in [-0.2, 0) is 0 Å². The van der Waals surface area contributed by atoms with E-state index in [2.05, 4.69) is 22.8 Å². The molecule has 0 bridgehead atoms. The van der Waals surface area contributed by atoms with Crippen LogP contribution >= 0.6 is 12.2 Å². The van der Waals surface area contributed by atoms with Gasteiger partial charge in [0.05, 0.1) is 6.21 Å². The molecule has 1 aromatic rings. The zero-order valence-electron chi connectivity index (χ0n) is 19.6. The van der Waals surface area contributed by atoms with Gasteiger partial charge in [0.25, 0.3) is 0 Å². The summed E-state index contributed by atoms with van der Waals surface area (Å²) in [6.45, 7) is 3.15. The molecule has 0 atom stereocenters. The van der Waals surface area contributed by atoms with E-state index in [0.29, 0.717) is 5.11 Å². The molecule has 31 heavy (non-hydrogen) atoms. The van der Waals surface area contributed by atoms with Crippen molar-refractivity contribution in [2.24, 2.45) is 5.10 Å². The first-order chi connectivity index (χ1) is 15.2. The van der Waals surface area contributed by atoms with Gasteiger partial charge in [-0.2, -0.15) is 5.10 Å². The Bertz CT molecular complexity index is 575. The third-order valence-electron chi connectivity index (χ3n) is 5.57. The van der Waals surface area contributed by atoms with Crippen LogP contribution in [0.2, 0.25) is 0 Å². The number of hydrogen-bond acceptors (Lipinski definition) is 2. The van der Waals surface area contributed by atoms with E-state index in [-0.39, 0.29) is 5.82 Å². The first kappa shape index (κ1) is 27.5. The summed E-state index contributed by atoms with van der Waals surface area (Å²) in [7, 11) is 0. The van der Waals surface area contributed by atoms with Gasteiger partial charge in [0.1, 0.15) is 5.82 Å². The second kappa shape index (κ2) is 20.4. The molecular weight excluding hydrogens is 405 g/mol. The van der Waals surface area contributed by atoms with Crippen molar-refractivity contribution in [2.75, 3.05) is 6.54 Å². The number of hydrazone groups is 1. The number of rotatable bonds is 19. The lowest BCUT2D eigenvalue weighted by Crippen LogP contribution is -2.32. The van der Waals surface area contributed by atoms with Crippen molar-refractivity contribution in [1.82, 2.24) is 10.7 Å². The Balaban J connectivity index is 1.80. The summed E-state index contributed by atoms with van der Waals surface area (Å²) >= 11 is 5.20. The molecule has 176 valence electrons. The van der Waals surface area contributed by atoms with E-state index < -0.39 is 0 Å². The molecule has 0 radical (unpaired) electrons. The molecule has 0 unspecified atom stereocenters. The molecular formula is C26H44FN3S. The van der Waals surface area contributed by atoms with Gasteiger partial charge < -0.3 is 5.32 Å². The maximum absolute atomic E-state index is 12.8. The van der Waals surface area contributed by atoms with Crippen LogP contribution in [-0.4, -0.2) is 17.9 Å². The number of nitrogens with zero attached hydrogens (tertiary/aromatic N) is 1. The number of thiocarbonyl (C=S) groups is 1. The molecule has 3 nitrogen and oxygen atoms in total. The highest BCUT2D eigenvalue weighted by molar-refractivity contribution is 7.80. The van der Waals surface area contributed by atoms with Gasteiger partial charge in [0.2, 0.25) is 0 Å². The Morgan fingerprint density at radius 1 is 0.774 bits per heavy atom. The first-order valence-corrected chi connectivity index (χ1v) is 13.0. The van der Waals surface area contributed by atoms with Crippen molar-refractivity contribution >= 4 is 23.5 Å². The highest BCUT2D eigenvalue weighted by atomic mass is 32.1. The molecule has 0 spiro atoms. The molecule has 5 heteroatoms. The minimum absolute atomic E-state index is 0.249. The number of unbranched alkanes of at least 4 members (excludes halogenated alkanes) is 15. The molecule has 0 aliphatic carbocycles. The lowest BCUT2D eigenvalue weighted by Gasteiger charge is -2.07. The van der Waals surface area contributed by atoms with Gasteiger partial charge >= 0.3 is 0 Å². The number of nitrogens with one attached hydrogen (secondary N) is 2. The van der Waals surface area contributed by atoms with Gasteiger partial charge in [-0.15, -0.1) is 0 Å². The van der Waals surface area contributed by atoms with Crippen LogP contribution in [0.4, 0.5) is 4.39 Å². The van der Waals surface area contributed by atoms with Gasteiger partial charge in [-0.1, -0.05) is 115 Å². The SMILES string of the molecule is CCCCCCCCCCCCCCCCCCNC(=S)N/N=C\c1ccc(F)cc1. The normalized spacial score (nSPS) is 11.2. The van der Waals surface area contributed by atoms with Crippen LogP contribution in [0.1, 0.15) is 115 Å². The summed E-state index contributed by atoms with van der Waals surface area (Å²) in [5.41, 5.74) is 3.62. The van der Waals surface area contributed by atoms with Crippen molar-refractivity contribution in [1.29, 1.82) is 0 Å². The Kier molecular flexibility index (Phi) is 18.1. The van der Waals surface area contributed by atoms with E-state index in [1.165, 1.54) is 108 Å². The van der Waals surface area contributed by atoms with Gasteiger partial charge in [0, 0.05) is 6.54 Å². The van der Waals surface area contributed by atoms with Crippen LogP contribution < -0.4 is 10.7 Å². The third-order valence-corrected chi connectivity index (χ3v) is 5.80. The van der Waals surface area contributed by atoms with E-state index in [4.69, 9.17) is 12.2 Å². The zero-order chi connectivity index (χ0) is 22.4. The molecule has 0 aromatic heterocycles. The molecule has 0 amide bonds. The summed E-state index contributed by atoms with van der Waals surface area (Å²) in [4.78, 5) is 0. The maximum Gasteiger partial charge on any atom is 0.186 e. The van der Waals surface area contributed by atoms with Crippen LogP contribution in [0.3, 0.4) is 0 Å². The van der Waals surface area contributed by atoms with Gasteiger partial charge in [-0.05, 0) is 36.3 Å². The van der Waals surface area contributed by atoms with Crippen LogP contribution in [0.5, 0.6) is 0 Å². The van der Waals surface area contributed by atoms with E-state index in [0.717, 1.165) is 18.5 Å². The van der Waals surface area contributed by atoms with E-state index in [1.54, 1.807) is 18.3 Å². The Labute approximate surface area is 195 Å². The van der Waals surface area contributed by atoms with Crippen molar-refractivity contribution < 1.29 is 4.39 Å². The van der Waals surface area contributed by atoms with Crippen molar-refractivity contribution in [2.45, 2.75) is 110 Å². The molecule has 0 fully saturated rings. The van der Waals surface area contributed by atoms with Gasteiger partial charge in [0.15, 0.2) is 5.11 Å². The fourth-order valence-corrected chi connectivity index (χ4v) is 3.78. The average molecular weight is 450 g/mol. The van der Waals surface area contributed by atoms with Crippen molar-refractivity contribution in [3.63, 3.8) is 0 Å². The topological polar surface area (TPSA) is 36.4 Å². The lowest BCUT2D eigenvalue weighted by molar-refractivity contribution is 0.529. The Morgan fingerprint density at radius 3 is 1.71 bits per heavy atom. The minimum atomic E-state index is -0.249. The van der Waals surface area contributed by atoms with E-state index >= 15 is 0 Å². The van der Waals surface area contributed by atoms with Crippen LogP contribution in [0, 0.1) is 5.82 Å². The first-order valence-electron chi connectivity index (χ1n) is 12.5. The molecule has 1 aromatic carbocycles.